The SMILES string of the molecule is CC[C@H](C)[C@@H]([C@@H](CC(=O)N1CCC[C@H]1[C@H](OC)[C@@H](C)C(=O)N[C@H](C)[C@@H](O)c1ccccc1)OC)N(C)C(=O)[C@@H](NC(=O)[C@@H]1[C@H]2CC[C@H](C2)N1C(O)OC(C)(C)C)C(C)C. The molecule has 0 spiro atoms. The molecule has 14 heteroatoms. The molecule has 4 amide bonds. The number of hydrogen-bond acceptors (Lipinski definition) is 10. The number of methoxy groups -OCH3 is 2. The van der Waals surface area contributed by atoms with E-state index in [1.807, 2.05) is 78.8 Å². The van der Waals surface area contributed by atoms with E-state index in [0.29, 0.717) is 24.9 Å². The van der Waals surface area contributed by atoms with Crippen molar-refractivity contribution in [3.63, 3.8) is 0 Å². The Balaban J connectivity index is 1.47. The van der Waals surface area contributed by atoms with Gasteiger partial charge in [-0.1, -0.05) is 71.4 Å². The summed E-state index contributed by atoms with van der Waals surface area (Å²) >= 11 is 0. The molecule has 1 saturated carbocycles. The Morgan fingerprint density at radius 2 is 1.61 bits per heavy atom. The fraction of sp³-hybridized carbons (Fsp3) is 0.778. The molecule has 3 aliphatic rings. The number of aliphatic hydroxyl groups is 2. The van der Waals surface area contributed by atoms with Crippen LogP contribution < -0.4 is 10.6 Å². The normalized spacial score (nSPS) is 25.4. The molecule has 4 N–H and O–H groups in total. The summed E-state index contributed by atoms with van der Waals surface area (Å²) in [4.78, 5) is 61.7. The van der Waals surface area contributed by atoms with Crippen molar-refractivity contribution in [1.82, 2.24) is 25.3 Å². The maximum absolute atomic E-state index is 14.5. The molecule has 2 aliphatic heterocycles. The lowest BCUT2D eigenvalue weighted by atomic mass is 9.89. The van der Waals surface area contributed by atoms with Crippen LogP contribution in [0.4, 0.5) is 0 Å². The second-order valence-electron chi connectivity index (χ2n) is 18.6. The Morgan fingerprint density at radius 1 is 0.949 bits per heavy atom. The highest BCUT2D eigenvalue weighted by Crippen LogP contribution is 2.44. The van der Waals surface area contributed by atoms with Gasteiger partial charge in [0.25, 0.3) is 0 Å². The number of piperidine rings is 1. The van der Waals surface area contributed by atoms with Gasteiger partial charge in [0.15, 0.2) is 0 Å². The van der Waals surface area contributed by atoms with Crippen molar-refractivity contribution in [2.24, 2.45) is 23.7 Å². The predicted molar refractivity (Wildman–Crippen MR) is 225 cm³/mol. The van der Waals surface area contributed by atoms with Crippen LogP contribution >= 0.6 is 0 Å². The molecule has 14 nitrogen and oxygen atoms in total. The minimum absolute atomic E-state index is 0.00140. The Hall–Kier alpha value is -3.14. The van der Waals surface area contributed by atoms with Gasteiger partial charge in [-0.15, -0.1) is 0 Å². The van der Waals surface area contributed by atoms with Gasteiger partial charge in [-0.05, 0) is 83.1 Å². The van der Waals surface area contributed by atoms with Crippen molar-refractivity contribution >= 4 is 23.6 Å². The highest BCUT2D eigenvalue weighted by atomic mass is 16.6. The fourth-order valence-corrected chi connectivity index (χ4v) is 9.72. The molecule has 2 saturated heterocycles. The van der Waals surface area contributed by atoms with Gasteiger partial charge in [0.05, 0.1) is 60.4 Å². The Labute approximate surface area is 353 Å². The van der Waals surface area contributed by atoms with Crippen LogP contribution in [-0.4, -0.2) is 137 Å². The average Bonchev–Trinajstić information content (AvgIpc) is 3.96. The van der Waals surface area contributed by atoms with Gasteiger partial charge in [0, 0.05) is 33.9 Å². The molecule has 0 radical (unpaired) electrons. The van der Waals surface area contributed by atoms with E-state index in [1.165, 1.54) is 0 Å². The second kappa shape index (κ2) is 21.1. The monoisotopic (exact) mass is 830 g/mol. The van der Waals surface area contributed by atoms with Crippen LogP contribution in [-0.2, 0) is 33.4 Å². The number of benzene rings is 1. The number of carbonyl (C=O) groups excluding carboxylic acids is 4. The summed E-state index contributed by atoms with van der Waals surface area (Å²) in [5.74, 6) is -1.90. The molecule has 13 atom stereocenters. The highest BCUT2D eigenvalue weighted by Gasteiger charge is 2.53. The van der Waals surface area contributed by atoms with E-state index in [-0.39, 0.29) is 59.9 Å². The molecular formula is C45H75N5O9. The van der Waals surface area contributed by atoms with E-state index in [1.54, 1.807) is 49.8 Å². The van der Waals surface area contributed by atoms with Gasteiger partial charge in [-0.3, -0.25) is 19.2 Å². The Bertz CT molecular complexity index is 1540. The van der Waals surface area contributed by atoms with Gasteiger partial charge in [0.1, 0.15) is 6.04 Å². The first-order valence-electron chi connectivity index (χ1n) is 21.8. The summed E-state index contributed by atoms with van der Waals surface area (Å²) in [6, 6.07) is 6.31. The van der Waals surface area contributed by atoms with E-state index in [9.17, 15) is 29.4 Å². The standard InChI is InChI=1S/C45H75N5O9/c1-13-27(4)37(48(10)43(55)36(26(2)3)47-42(54)38-31-21-22-32(24-31)50(38)44(56)59-45(7,8)9)34(57-11)25-35(51)49-23-17-20-33(49)40(58-12)28(5)41(53)46-29(6)39(52)30-18-15-14-16-19-30/h14-16,18-19,26-29,31-34,36-40,44,52,56H,13,17,20-25H2,1-12H3,(H,46,53)(H,47,54)/t27-,28+,29+,31-,32+,33-,34+,36-,37-,38-,39+,40+,44?/m0/s1. The number of ether oxygens (including phenoxy) is 3. The van der Waals surface area contributed by atoms with Crippen LogP contribution in [0, 0.1) is 23.7 Å². The average molecular weight is 830 g/mol. The Morgan fingerprint density at radius 3 is 2.19 bits per heavy atom. The summed E-state index contributed by atoms with van der Waals surface area (Å²) < 4.78 is 17.9. The highest BCUT2D eigenvalue weighted by molar-refractivity contribution is 5.90. The fourth-order valence-electron chi connectivity index (χ4n) is 9.72. The minimum atomic E-state index is -1.25. The molecular weight excluding hydrogens is 755 g/mol. The molecule has 1 unspecified atom stereocenters. The maximum Gasteiger partial charge on any atom is 0.245 e. The topological polar surface area (TPSA) is 170 Å². The van der Waals surface area contributed by atoms with Gasteiger partial charge >= 0.3 is 0 Å². The first-order valence-corrected chi connectivity index (χ1v) is 21.8. The first-order chi connectivity index (χ1) is 27.8. The molecule has 2 bridgehead atoms. The number of likely N-dealkylation sites (tertiary alicyclic amines) is 2. The summed E-state index contributed by atoms with van der Waals surface area (Å²) in [5, 5.41) is 28.0. The van der Waals surface area contributed by atoms with E-state index in [0.717, 1.165) is 25.7 Å². The summed E-state index contributed by atoms with van der Waals surface area (Å²) in [5.41, 5.74) is 0.0867. The van der Waals surface area contributed by atoms with Crippen molar-refractivity contribution in [3.8, 4) is 0 Å². The van der Waals surface area contributed by atoms with E-state index in [4.69, 9.17) is 14.2 Å². The third-order valence-electron chi connectivity index (χ3n) is 13.1. The van der Waals surface area contributed by atoms with Gasteiger partial charge in [-0.2, -0.15) is 0 Å². The van der Waals surface area contributed by atoms with Crippen LogP contribution in [0.3, 0.4) is 0 Å². The van der Waals surface area contributed by atoms with Crippen LogP contribution in [0.25, 0.3) is 0 Å². The third-order valence-corrected chi connectivity index (χ3v) is 13.1. The van der Waals surface area contributed by atoms with E-state index >= 15 is 0 Å². The third kappa shape index (κ3) is 11.6. The van der Waals surface area contributed by atoms with Gasteiger partial charge < -0.3 is 44.9 Å². The summed E-state index contributed by atoms with van der Waals surface area (Å²) in [7, 11) is 4.83. The number of nitrogens with zero attached hydrogens (tertiary/aromatic N) is 3. The molecule has 1 aliphatic carbocycles. The van der Waals surface area contributed by atoms with Crippen molar-refractivity contribution < 1.29 is 43.6 Å². The molecule has 4 rings (SSSR count). The number of fused-ring (bicyclic) bond motifs is 2. The van der Waals surface area contributed by atoms with Gasteiger partial charge in [0.2, 0.25) is 30.0 Å². The predicted octanol–water partition coefficient (Wildman–Crippen LogP) is 4.23. The van der Waals surface area contributed by atoms with Crippen molar-refractivity contribution in [2.75, 3.05) is 27.8 Å². The zero-order chi connectivity index (χ0) is 43.9. The number of rotatable bonds is 20. The van der Waals surface area contributed by atoms with Crippen molar-refractivity contribution in [2.45, 2.75) is 174 Å². The number of nitrogens with one attached hydrogen (secondary N) is 2. The number of aliphatic hydroxyl groups excluding tert-OH is 2. The van der Waals surface area contributed by atoms with Crippen molar-refractivity contribution in [3.05, 3.63) is 35.9 Å². The van der Waals surface area contributed by atoms with Crippen LogP contribution in [0.1, 0.15) is 119 Å². The number of amides is 4. The number of hydrogen-bond donors (Lipinski definition) is 4. The molecule has 1 aromatic carbocycles. The molecule has 3 fully saturated rings. The quantitative estimate of drug-likeness (QED) is 0.140. The Kier molecular flexibility index (Phi) is 17.3. The largest absolute Gasteiger partial charge is 0.386 e. The lowest BCUT2D eigenvalue weighted by Crippen LogP contribution is -2.61. The molecule has 0 aromatic heterocycles. The number of likely N-dealkylation sites (N-methyl/N-ethyl adjacent to an activating group) is 1. The molecule has 59 heavy (non-hydrogen) atoms. The minimum Gasteiger partial charge on any atom is -0.386 e. The number of carbonyl (C=O) groups is 4. The zero-order valence-corrected chi connectivity index (χ0v) is 37.7. The van der Waals surface area contributed by atoms with Crippen LogP contribution in [0.15, 0.2) is 30.3 Å². The van der Waals surface area contributed by atoms with Crippen molar-refractivity contribution in [1.29, 1.82) is 0 Å². The maximum atomic E-state index is 14.5. The van der Waals surface area contributed by atoms with Crippen LogP contribution in [0.5, 0.6) is 0 Å². The summed E-state index contributed by atoms with van der Waals surface area (Å²) in [6.07, 6.45) is 1.25. The van der Waals surface area contributed by atoms with E-state index in [2.05, 4.69) is 10.6 Å². The molecule has 1 aromatic rings. The second-order valence-corrected chi connectivity index (χ2v) is 18.6. The lowest BCUT2D eigenvalue weighted by Gasteiger charge is -2.42. The molecule has 2 heterocycles. The zero-order valence-electron chi connectivity index (χ0n) is 37.7. The van der Waals surface area contributed by atoms with Crippen LogP contribution in [0.2, 0.25) is 0 Å². The van der Waals surface area contributed by atoms with Gasteiger partial charge in [-0.25, -0.2) is 4.90 Å². The lowest BCUT2D eigenvalue weighted by molar-refractivity contribution is -0.254. The molecule has 334 valence electrons. The summed E-state index contributed by atoms with van der Waals surface area (Å²) in [6.45, 7) is 17.5. The van der Waals surface area contributed by atoms with E-state index < -0.39 is 60.4 Å². The first kappa shape index (κ1) is 48.5. The smallest absolute Gasteiger partial charge is 0.245 e.